The van der Waals surface area contributed by atoms with Crippen LogP contribution in [0, 0.1) is 5.92 Å². The van der Waals surface area contributed by atoms with Gasteiger partial charge in [0, 0.05) is 17.8 Å². The zero-order valence-electron chi connectivity index (χ0n) is 11.1. The predicted octanol–water partition coefficient (Wildman–Crippen LogP) is 3.55. The number of thiol groups is 1. The van der Waals surface area contributed by atoms with E-state index in [0.717, 1.165) is 31.4 Å². The summed E-state index contributed by atoms with van der Waals surface area (Å²) < 4.78 is 0. The first-order chi connectivity index (χ1) is 9.29. The molecule has 2 aliphatic rings. The molecule has 1 fully saturated rings. The summed E-state index contributed by atoms with van der Waals surface area (Å²) in [5, 5.41) is 15.6. The van der Waals surface area contributed by atoms with Gasteiger partial charge in [0.05, 0.1) is 0 Å². The van der Waals surface area contributed by atoms with Crippen LogP contribution in [0.2, 0.25) is 0 Å². The fraction of sp³-hybridized carbons (Fsp3) is 0.438. The number of rotatable bonds is 3. The Hall–Kier alpha value is -1.06. The molecule has 0 unspecified atom stereocenters. The van der Waals surface area contributed by atoms with E-state index in [9.17, 15) is 5.11 Å². The lowest BCUT2D eigenvalue weighted by atomic mass is 9.83. The van der Waals surface area contributed by atoms with E-state index in [0.29, 0.717) is 5.92 Å². The van der Waals surface area contributed by atoms with E-state index >= 15 is 0 Å². The van der Waals surface area contributed by atoms with Gasteiger partial charge in [-0.1, -0.05) is 24.6 Å². The number of pyridine rings is 1. The topological polar surface area (TPSA) is 33.1 Å². The summed E-state index contributed by atoms with van der Waals surface area (Å²) in [6.45, 7) is 0. The van der Waals surface area contributed by atoms with Crippen molar-refractivity contribution in [2.45, 2.75) is 37.0 Å². The second kappa shape index (κ2) is 5.51. The maximum absolute atomic E-state index is 11.2. The quantitative estimate of drug-likeness (QED) is 0.827. The zero-order chi connectivity index (χ0) is 13.1. The number of hydrogen-bond donors (Lipinski definition) is 2. The standard InChI is InChI=1S/C16H21NOS/c18-16(19-11-5-6-12-19)9-3-1-7-14(16)13-15-8-2-4-10-17-15/h2,4-6,8,10-12,14,18-19H,1,3,7,9,13H2/t14-,16-/m1/s1. The van der Waals surface area contributed by atoms with Crippen LogP contribution in [0.1, 0.15) is 31.4 Å². The molecule has 1 saturated carbocycles. The fourth-order valence-corrected chi connectivity index (χ4v) is 5.42. The number of hydrogen-bond acceptors (Lipinski definition) is 2. The highest BCUT2D eigenvalue weighted by Gasteiger charge is 2.42. The number of allylic oxidation sites excluding steroid dienone is 2. The van der Waals surface area contributed by atoms with Crippen LogP contribution in [-0.2, 0) is 6.42 Å². The zero-order valence-corrected chi connectivity index (χ0v) is 12.0. The molecule has 2 atom stereocenters. The first-order valence-corrected chi connectivity index (χ1v) is 8.53. The van der Waals surface area contributed by atoms with Crippen molar-refractivity contribution in [1.82, 2.24) is 4.98 Å². The van der Waals surface area contributed by atoms with Gasteiger partial charge < -0.3 is 5.11 Å². The van der Waals surface area contributed by atoms with E-state index in [2.05, 4.69) is 34.0 Å². The third kappa shape index (κ3) is 2.63. The van der Waals surface area contributed by atoms with Gasteiger partial charge in [0.25, 0.3) is 0 Å². The number of aromatic nitrogens is 1. The van der Waals surface area contributed by atoms with Crippen LogP contribution >= 0.6 is 10.9 Å². The van der Waals surface area contributed by atoms with E-state index in [1.165, 1.54) is 6.42 Å². The Morgan fingerprint density at radius 3 is 2.84 bits per heavy atom. The molecule has 2 heterocycles. The molecule has 1 N–H and O–H groups in total. The molecule has 0 amide bonds. The summed E-state index contributed by atoms with van der Waals surface area (Å²) >= 11 is 0. The molecular formula is C16H21NOS. The van der Waals surface area contributed by atoms with Crippen LogP contribution in [0.5, 0.6) is 0 Å². The molecule has 19 heavy (non-hydrogen) atoms. The summed E-state index contributed by atoms with van der Waals surface area (Å²) in [7, 11) is -0.514. The highest BCUT2D eigenvalue weighted by Crippen LogP contribution is 2.55. The third-order valence-corrected chi connectivity index (χ3v) is 6.70. The minimum absolute atomic E-state index is 0.342. The highest BCUT2D eigenvalue weighted by molar-refractivity contribution is 8.23. The Morgan fingerprint density at radius 2 is 2.11 bits per heavy atom. The van der Waals surface area contributed by atoms with Crippen molar-refractivity contribution in [3.63, 3.8) is 0 Å². The van der Waals surface area contributed by atoms with Gasteiger partial charge in [-0.15, -0.1) is 0 Å². The molecule has 3 heteroatoms. The van der Waals surface area contributed by atoms with Crippen molar-refractivity contribution in [2.24, 2.45) is 5.92 Å². The van der Waals surface area contributed by atoms with Crippen molar-refractivity contribution in [3.05, 3.63) is 53.1 Å². The van der Waals surface area contributed by atoms with Gasteiger partial charge in [0.1, 0.15) is 4.93 Å². The second-order valence-electron chi connectivity index (χ2n) is 5.44. The van der Waals surface area contributed by atoms with E-state index in [4.69, 9.17) is 0 Å². The van der Waals surface area contributed by atoms with E-state index < -0.39 is 15.8 Å². The molecule has 3 rings (SSSR count). The average Bonchev–Trinajstić information content (AvgIpc) is 2.97. The predicted molar refractivity (Wildman–Crippen MR) is 82.1 cm³/mol. The second-order valence-corrected chi connectivity index (χ2v) is 7.62. The normalized spacial score (nSPS) is 31.8. The van der Waals surface area contributed by atoms with Crippen molar-refractivity contribution in [1.29, 1.82) is 0 Å². The molecule has 102 valence electrons. The van der Waals surface area contributed by atoms with Gasteiger partial charge in [-0.05, 0) is 48.6 Å². The third-order valence-electron chi connectivity index (χ3n) is 4.23. The van der Waals surface area contributed by atoms with Gasteiger partial charge in [0.2, 0.25) is 0 Å². The minimum Gasteiger partial charge on any atom is -0.380 e. The lowest BCUT2D eigenvalue weighted by Gasteiger charge is -2.44. The first kappa shape index (κ1) is 12.9. The van der Waals surface area contributed by atoms with Crippen LogP contribution in [0.15, 0.2) is 47.4 Å². The van der Waals surface area contributed by atoms with Gasteiger partial charge >= 0.3 is 0 Å². The molecule has 0 bridgehead atoms. The lowest BCUT2D eigenvalue weighted by molar-refractivity contribution is 0.0349. The largest absolute Gasteiger partial charge is 0.380 e. The molecule has 0 aromatic carbocycles. The Balaban J connectivity index is 1.81. The van der Waals surface area contributed by atoms with Crippen molar-refractivity contribution in [3.8, 4) is 0 Å². The molecule has 1 aromatic rings. The van der Waals surface area contributed by atoms with Crippen LogP contribution in [-0.4, -0.2) is 15.0 Å². The first-order valence-electron chi connectivity index (χ1n) is 7.05. The van der Waals surface area contributed by atoms with Gasteiger partial charge in [-0.2, -0.15) is 10.9 Å². The monoisotopic (exact) mass is 275 g/mol. The van der Waals surface area contributed by atoms with E-state index in [1.54, 1.807) is 0 Å². The molecule has 1 aliphatic heterocycles. The number of nitrogens with zero attached hydrogens (tertiary/aromatic N) is 1. The summed E-state index contributed by atoms with van der Waals surface area (Å²) in [6.07, 6.45) is 11.3. The Labute approximate surface area is 117 Å². The molecule has 0 spiro atoms. The molecule has 0 radical (unpaired) electrons. The van der Waals surface area contributed by atoms with Crippen molar-refractivity contribution in [2.75, 3.05) is 0 Å². The van der Waals surface area contributed by atoms with Crippen molar-refractivity contribution < 1.29 is 5.11 Å². The average molecular weight is 275 g/mol. The molecule has 2 nitrogen and oxygen atoms in total. The van der Waals surface area contributed by atoms with Gasteiger partial charge in [-0.3, -0.25) is 4.98 Å². The van der Waals surface area contributed by atoms with E-state index in [1.807, 2.05) is 18.3 Å². The van der Waals surface area contributed by atoms with Crippen LogP contribution in [0.4, 0.5) is 0 Å². The van der Waals surface area contributed by atoms with E-state index in [-0.39, 0.29) is 0 Å². The van der Waals surface area contributed by atoms with Crippen LogP contribution in [0.3, 0.4) is 0 Å². The summed E-state index contributed by atoms with van der Waals surface area (Å²) in [4.78, 5) is 3.91. The van der Waals surface area contributed by atoms with Crippen LogP contribution in [0.25, 0.3) is 0 Å². The van der Waals surface area contributed by atoms with Crippen LogP contribution < -0.4 is 0 Å². The summed E-state index contributed by atoms with van der Waals surface area (Å²) in [5.41, 5.74) is 1.11. The maximum Gasteiger partial charge on any atom is 0.102 e. The maximum atomic E-state index is 11.2. The molecule has 1 aromatic heterocycles. The van der Waals surface area contributed by atoms with Gasteiger partial charge in [0.15, 0.2) is 0 Å². The minimum atomic E-state index is -0.519. The number of aliphatic hydroxyl groups is 1. The fourth-order valence-electron chi connectivity index (χ4n) is 3.18. The Morgan fingerprint density at radius 1 is 1.26 bits per heavy atom. The molecule has 0 saturated heterocycles. The van der Waals surface area contributed by atoms with Gasteiger partial charge in [-0.25, -0.2) is 0 Å². The molecular weight excluding hydrogens is 254 g/mol. The summed E-state index contributed by atoms with van der Waals surface area (Å²) in [6, 6.07) is 6.05. The SMILES string of the molecule is O[C@@]1([SH]2C=CC=C2)CCCC[C@@H]1Cc1ccccn1. The van der Waals surface area contributed by atoms with Crippen molar-refractivity contribution >= 4 is 10.9 Å². The Bertz CT molecular complexity index is 473. The summed E-state index contributed by atoms with van der Waals surface area (Å²) in [5.74, 6) is 0.342. The Kier molecular flexibility index (Phi) is 3.76. The highest BCUT2D eigenvalue weighted by atomic mass is 32.2. The molecule has 1 aliphatic carbocycles. The smallest absolute Gasteiger partial charge is 0.102 e. The lowest BCUT2D eigenvalue weighted by Crippen LogP contribution is -2.40.